The number of rotatable bonds is 7. The minimum atomic E-state index is -0.623. The van der Waals surface area contributed by atoms with Crippen molar-refractivity contribution in [2.24, 2.45) is 45.3 Å². The first-order chi connectivity index (χ1) is 23.7. The number of nitrogens with zero attached hydrogens (tertiary/aromatic N) is 4. The molecular formula is C44H60N4P2. The Labute approximate surface area is 305 Å². The van der Waals surface area contributed by atoms with Crippen LogP contribution < -0.4 is 0 Å². The standard InChI is InChI=1S/C44H60N4P2/c1-38(2,3)40-17-30-15-31(18-40)22-42(21-30,28-40)50(43-23-32-16-33(24-43)20-41(19-32,29-43)39(4,5)6)27-34-9-7-8-10-35(34)44(49,36-25-45-11-13-47-36)37-26-46-12-14-48-37/h7-14,25-26,30-33H,15-24,27-29,49H2,1-6H3. The van der Waals surface area contributed by atoms with E-state index in [1.54, 1.807) is 12.4 Å². The predicted molar refractivity (Wildman–Crippen MR) is 209 cm³/mol. The van der Waals surface area contributed by atoms with E-state index in [-0.39, 0.29) is 7.92 Å². The maximum absolute atomic E-state index is 4.96. The Morgan fingerprint density at radius 1 is 0.640 bits per heavy atom. The van der Waals surface area contributed by atoms with Gasteiger partial charge in [-0.3, -0.25) is 19.9 Å². The number of hydrogen-bond donors (Lipinski definition) is 0. The van der Waals surface area contributed by atoms with Crippen LogP contribution in [0, 0.1) is 45.3 Å². The largest absolute Gasteiger partial charge is 0.261 e. The van der Waals surface area contributed by atoms with Gasteiger partial charge in [0, 0.05) is 24.8 Å². The van der Waals surface area contributed by atoms with Gasteiger partial charge in [-0.1, -0.05) is 73.7 Å². The Bertz CT molecular complexity index is 1610. The van der Waals surface area contributed by atoms with Crippen molar-refractivity contribution in [1.82, 2.24) is 19.9 Å². The molecule has 0 spiro atoms. The molecule has 0 aliphatic heterocycles. The highest BCUT2D eigenvalue weighted by molar-refractivity contribution is 7.60. The van der Waals surface area contributed by atoms with Gasteiger partial charge in [0.25, 0.3) is 0 Å². The summed E-state index contributed by atoms with van der Waals surface area (Å²) in [4.78, 5) is 19.1. The molecule has 2 aromatic heterocycles. The summed E-state index contributed by atoms with van der Waals surface area (Å²) in [6, 6.07) is 9.44. The van der Waals surface area contributed by atoms with E-state index in [2.05, 4.69) is 85.0 Å². The summed E-state index contributed by atoms with van der Waals surface area (Å²) in [5.74, 6) is 3.67. The van der Waals surface area contributed by atoms with E-state index in [4.69, 9.17) is 9.97 Å². The van der Waals surface area contributed by atoms with Gasteiger partial charge in [-0.05, 0) is 150 Å². The monoisotopic (exact) mass is 706 g/mol. The molecule has 1 aromatic carbocycles. The fraction of sp³-hybridized carbons (Fsp3) is 0.682. The van der Waals surface area contributed by atoms with Crippen LogP contribution in [0.2, 0.25) is 0 Å². The molecular weight excluding hydrogens is 646 g/mol. The zero-order valence-corrected chi connectivity index (χ0v) is 33.6. The zero-order valence-electron chi connectivity index (χ0n) is 31.6. The Morgan fingerprint density at radius 3 is 1.48 bits per heavy atom. The van der Waals surface area contributed by atoms with E-state index < -0.39 is 5.16 Å². The number of benzene rings is 1. The van der Waals surface area contributed by atoms with Crippen LogP contribution in [-0.4, -0.2) is 30.2 Å². The average molecular weight is 707 g/mol. The lowest BCUT2D eigenvalue weighted by atomic mass is 9.43. The lowest BCUT2D eigenvalue weighted by molar-refractivity contribution is -0.113. The summed E-state index contributed by atoms with van der Waals surface area (Å²) in [5, 5.41) is 0.336. The first-order valence-electron chi connectivity index (χ1n) is 19.9. The quantitative estimate of drug-likeness (QED) is 0.230. The van der Waals surface area contributed by atoms with Crippen LogP contribution in [0.1, 0.15) is 141 Å². The molecule has 8 bridgehead atoms. The molecule has 8 fully saturated rings. The van der Waals surface area contributed by atoms with Crippen LogP contribution in [0.15, 0.2) is 61.4 Å². The second-order valence-corrected chi connectivity index (χ2v) is 24.6. The third kappa shape index (κ3) is 5.02. The third-order valence-electron chi connectivity index (χ3n) is 16.1. The molecule has 266 valence electrons. The van der Waals surface area contributed by atoms with Crippen molar-refractivity contribution < 1.29 is 0 Å². The van der Waals surface area contributed by atoms with Crippen molar-refractivity contribution in [2.75, 3.05) is 0 Å². The average Bonchev–Trinajstić information content (AvgIpc) is 3.05. The molecule has 2 heterocycles. The molecule has 3 aromatic rings. The maximum Gasteiger partial charge on any atom is 0.0967 e. The summed E-state index contributed by atoms with van der Waals surface area (Å²) in [6.07, 6.45) is 30.2. The molecule has 50 heavy (non-hydrogen) atoms. The normalized spacial score (nSPS) is 38.1. The van der Waals surface area contributed by atoms with Gasteiger partial charge >= 0.3 is 0 Å². The summed E-state index contributed by atoms with van der Waals surface area (Å²) in [7, 11) is 2.90. The zero-order chi connectivity index (χ0) is 34.8. The lowest BCUT2D eigenvalue weighted by Gasteiger charge is -2.74. The Kier molecular flexibility index (Phi) is 7.74. The molecule has 8 aliphatic carbocycles. The van der Waals surface area contributed by atoms with Gasteiger partial charge in [0.05, 0.1) is 28.9 Å². The summed E-state index contributed by atoms with van der Waals surface area (Å²) < 4.78 is 0. The molecule has 0 amide bonds. The SMILES string of the molecule is CC(C)(C)C12CC3CC(CC(P(Cc4ccccc4C(P)(c4cnccn4)c4cnccn4)C45CC6CC(C4)CC(C(C)(C)C)(C6)C5)(C3)C1)C2. The van der Waals surface area contributed by atoms with Gasteiger partial charge in [0.15, 0.2) is 0 Å². The topological polar surface area (TPSA) is 51.6 Å². The van der Waals surface area contributed by atoms with Gasteiger partial charge in [0.1, 0.15) is 0 Å². The Hall–Kier alpha value is -1.76. The smallest absolute Gasteiger partial charge is 0.0967 e. The summed E-state index contributed by atoms with van der Waals surface area (Å²) in [6.45, 7) is 15.6. The highest BCUT2D eigenvalue weighted by Crippen LogP contribution is 2.84. The summed E-state index contributed by atoms with van der Waals surface area (Å²) in [5.41, 5.74) is 6.38. The van der Waals surface area contributed by atoms with Gasteiger partial charge in [-0.25, -0.2) is 0 Å². The van der Waals surface area contributed by atoms with Crippen LogP contribution in [0.3, 0.4) is 0 Å². The molecule has 6 heteroatoms. The highest BCUT2D eigenvalue weighted by atomic mass is 31.1. The van der Waals surface area contributed by atoms with Gasteiger partial charge in [-0.2, -0.15) is 0 Å². The van der Waals surface area contributed by atoms with Crippen molar-refractivity contribution >= 4 is 17.2 Å². The minimum Gasteiger partial charge on any atom is -0.261 e. The summed E-state index contributed by atoms with van der Waals surface area (Å²) >= 11 is 0. The van der Waals surface area contributed by atoms with E-state index >= 15 is 0 Å². The first-order valence-corrected chi connectivity index (χ1v) is 22.0. The molecule has 5 atom stereocenters. The second kappa shape index (κ2) is 11.4. The van der Waals surface area contributed by atoms with E-state index in [0.29, 0.717) is 32.0 Å². The van der Waals surface area contributed by atoms with Crippen molar-refractivity contribution in [2.45, 2.75) is 140 Å². The van der Waals surface area contributed by atoms with Crippen LogP contribution >= 0.6 is 17.2 Å². The van der Waals surface area contributed by atoms with Crippen LogP contribution in [0.25, 0.3) is 0 Å². The molecule has 0 radical (unpaired) electrons. The van der Waals surface area contributed by atoms with Crippen molar-refractivity contribution in [3.63, 3.8) is 0 Å². The van der Waals surface area contributed by atoms with Crippen molar-refractivity contribution in [3.05, 3.63) is 84.0 Å². The molecule has 0 saturated heterocycles. The van der Waals surface area contributed by atoms with E-state index in [0.717, 1.165) is 35.1 Å². The Morgan fingerprint density at radius 2 is 1.08 bits per heavy atom. The third-order valence-corrected chi connectivity index (χ3v) is 21.0. The molecule has 8 saturated carbocycles. The molecule has 11 rings (SSSR count). The fourth-order valence-corrected chi connectivity index (χ4v) is 20.1. The van der Waals surface area contributed by atoms with Crippen LogP contribution in [-0.2, 0) is 11.3 Å². The fourth-order valence-electron chi connectivity index (χ4n) is 14.3. The van der Waals surface area contributed by atoms with E-state index in [1.165, 1.54) is 94.3 Å². The predicted octanol–water partition coefficient (Wildman–Crippen LogP) is 11.2. The lowest BCUT2D eigenvalue weighted by Crippen LogP contribution is -2.63. The molecule has 4 nitrogen and oxygen atoms in total. The molecule has 8 aliphatic rings. The molecule has 0 N–H and O–H groups in total. The second-order valence-electron chi connectivity index (χ2n) is 20.7. The van der Waals surface area contributed by atoms with E-state index in [1.807, 2.05) is 24.8 Å². The van der Waals surface area contributed by atoms with Gasteiger partial charge in [-0.15, -0.1) is 9.24 Å². The number of aromatic nitrogens is 4. The van der Waals surface area contributed by atoms with Crippen molar-refractivity contribution in [3.8, 4) is 0 Å². The van der Waals surface area contributed by atoms with Crippen LogP contribution in [0.5, 0.6) is 0 Å². The van der Waals surface area contributed by atoms with Gasteiger partial charge in [0.2, 0.25) is 0 Å². The van der Waals surface area contributed by atoms with E-state index in [9.17, 15) is 0 Å². The van der Waals surface area contributed by atoms with Crippen LogP contribution in [0.4, 0.5) is 0 Å². The number of hydrogen-bond acceptors (Lipinski definition) is 4. The van der Waals surface area contributed by atoms with Gasteiger partial charge < -0.3 is 0 Å². The minimum absolute atomic E-state index is 0.326. The maximum atomic E-state index is 4.96. The Balaban J connectivity index is 1.23. The first kappa shape index (κ1) is 34.0. The molecule has 5 unspecified atom stereocenters. The highest BCUT2D eigenvalue weighted by Gasteiger charge is 2.69. The van der Waals surface area contributed by atoms with Crippen molar-refractivity contribution in [1.29, 1.82) is 0 Å².